The van der Waals surface area contributed by atoms with Crippen molar-refractivity contribution >= 4 is 29.6 Å². The zero-order chi connectivity index (χ0) is 10.7. The summed E-state index contributed by atoms with van der Waals surface area (Å²) in [5, 5.41) is 1.27. The number of nitrogens with zero attached hydrogens (tertiary/aromatic N) is 1. The van der Waals surface area contributed by atoms with Gasteiger partial charge in [-0.1, -0.05) is 35.3 Å². The highest BCUT2D eigenvalue weighted by molar-refractivity contribution is 6.42. The van der Waals surface area contributed by atoms with Crippen LogP contribution in [0.3, 0.4) is 0 Å². The van der Waals surface area contributed by atoms with Gasteiger partial charge in [0.2, 0.25) is 0 Å². The molecular formula is C11H11Cl2NO. The van der Waals surface area contributed by atoms with E-state index in [2.05, 4.69) is 4.99 Å². The van der Waals surface area contributed by atoms with Gasteiger partial charge in [0.15, 0.2) is 6.40 Å². The van der Waals surface area contributed by atoms with Gasteiger partial charge in [0.25, 0.3) is 0 Å². The molecule has 1 atom stereocenters. The second kappa shape index (κ2) is 4.86. The fourth-order valence-corrected chi connectivity index (χ4v) is 1.96. The van der Waals surface area contributed by atoms with Crippen molar-refractivity contribution in [3.8, 4) is 0 Å². The molecule has 0 saturated heterocycles. The van der Waals surface area contributed by atoms with E-state index in [0.29, 0.717) is 16.7 Å². The van der Waals surface area contributed by atoms with Crippen LogP contribution in [-0.4, -0.2) is 19.0 Å². The van der Waals surface area contributed by atoms with E-state index in [9.17, 15) is 0 Å². The summed E-state index contributed by atoms with van der Waals surface area (Å²) in [6.45, 7) is 0.679. The molecule has 0 N–H and O–H groups in total. The minimum atomic E-state index is 0.264. The quantitative estimate of drug-likeness (QED) is 0.798. The van der Waals surface area contributed by atoms with E-state index in [1.165, 1.54) is 6.40 Å². The Morgan fingerprint density at radius 1 is 1.40 bits per heavy atom. The predicted octanol–water partition coefficient (Wildman–Crippen LogP) is 3.35. The van der Waals surface area contributed by atoms with Crippen molar-refractivity contribution in [1.29, 1.82) is 0 Å². The molecule has 0 amide bonds. The molecule has 2 rings (SSSR count). The number of hydrogen-bond acceptors (Lipinski definition) is 2. The standard InChI is InChI=1S/C11H11Cl2NO/c12-10-3-1-2-8(11(10)13)4-5-9-6-15-7-14-9/h1-3,7,9H,4-6H2. The Kier molecular flexibility index (Phi) is 3.49. The second-order valence-corrected chi connectivity index (χ2v) is 4.28. The molecule has 15 heavy (non-hydrogen) atoms. The molecule has 0 saturated carbocycles. The van der Waals surface area contributed by atoms with Crippen LogP contribution < -0.4 is 0 Å². The molecule has 0 aromatic heterocycles. The average Bonchev–Trinajstić information content (AvgIpc) is 2.73. The molecule has 1 aliphatic heterocycles. The van der Waals surface area contributed by atoms with Crippen LogP contribution in [0.15, 0.2) is 23.2 Å². The van der Waals surface area contributed by atoms with E-state index in [-0.39, 0.29) is 6.04 Å². The third-order valence-corrected chi connectivity index (χ3v) is 3.27. The fourth-order valence-electron chi connectivity index (χ4n) is 1.55. The van der Waals surface area contributed by atoms with Gasteiger partial charge in [-0.15, -0.1) is 0 Å². The molecule has 0 radical (unpaired) electrons. The van der Waals surface area contributed by atoms with Crippen molar-refractivity contribution in [3.05, 3.63) is 33.8 Å². The van der Waals surface area contributed by atoms with Gasteiger partial charge in [0, 0.05) is 0 Å². The largest absolute Gasteiger partial charge is 0.481 e. The van der Waals surface area contributed by atoms with Gasteiger partial charge in [0.1, 0.15) is 6.61 Å². The van der Waals surface area contributed by atoms with Crippen LogP contribution >= 0.6 is 23.2 Å². The van der Waals surface area contributed by atoms with Gasteiger partial charge in [0.05, 0.1) is 16.1 Å². The van der Waals surface area contributed by atoms with E-state index in [1.807, 2.05) is 12.1 Å². The molecule has 4 heteroatoms. The number of halogens is 2. The number of ether oxygens (including phenoxy) is 1. The van der Waals surface area contributed by atoms with Crippen molar-refractivity contribution in [2.45, 2.75) is 18.9 Å². The second-order valence-electron chi connectivity index (χ2n) is 3.49. The van der Waals surface area contributed by atoms with Crippen molar-refractivity contribution in [3.63, 3.8) is 0 Å². The first-order valence-electron chi connectivity index (χ1n) is 4.83. The van der Waals surface area contributed by atoms with Gasteiger partial charge in [-0.05, 0) is 24.5 Å². The Balaban J connectivity index is 1.98. The lowest BCUT2D eigenvalue weighted by atomic mass is 10.1. The van der Waals surface area contributed by atoms with Crippen LogP contribution in [0, 0.1) is 0 Å². The molecule has 2 nitrogen and oxygen atoms in total. The summed E-state index contributed by atoms with van der Waals surface area (Å²) in [4.78, 5) is 4.18. The van der Waals surface area contributed by atoms with Crippen LogP contribution in [0.4, 0.5) is 0 Å². The average molecular weight is 244 g/mol. The molecule has 0 spiro atoms. The van der Waals surface area contributed by atoms with Gasteiger partial charge in [-0.25, -0.2) is 0 Å². The predicted molar refractivity (Wildman–Crippen MR) is 63.0 cm³/mol. The summed E-state index contributed by atoms with van der Waals surface area (Å²) in [6, 6.07) is 5.97. The summed E-state index contributed by atoms with van der Waals surface area (Å²) >= 11 is 12.0. The van der Waals surface area contributed by atoms with E-state index < -0.39 is 0 Å². The maximum atomic E-state index is 6.08. The number of benzene rings is 1. The lowest BCUT2D eigenvalue weighted by molar-refractivity contribution is 0.322. The highest BCUT2D eigenvalue weighted by atomic mass is 35.5. The third-order valence-electron chi connectivity index (χ3n) is 2.41. The topological polar surface area (TPSA) is 21.6 Å². The van der Waals surface area contributed by atoms with Gasteiger partial charge < -0.3 is 4.74 Å². The Morgan fingerprint density at radius 2 is 2.27 bits per heavy atom. The summed E-state index contributed by atoms with van der Waals surface area (Å²) in [5.41, 5.74) is 1.08. The smallest absolute Gasteiger partial charge is 0.169 e. The first-order chi connectivity index (χ1) is 7.27. The van der Waals surface area contributed by atoms with E-state index in [4.69, 9.17) is 27.9 Å². The zero-order valence-corrected chi connectivity index (χ0v) is 9.63. The molecule has 1 aromatic carbocycles. The maximum absolute atomic E-state index is 6.08. The molecule has 0 bridgehead atoms. The monoisotopic (exact) mass is 243 g/mol. The normalized spacial score (nSPS) is 19.2. The summed E-state index contributed by atoms with van der Waals surface area (Å²) in [6.07, 6.45) is 3.34. The lowest BCUT2D eigenvalue weighted by Crippen LogP contribution is -2.07. The number of hydrogen-bond donors (Lipinski definition) is 0. The first-order valence-corrected chi connectivity index (χ1v) is 5.59. The number of aliphatic imine (C=N–C) groups is 1. The maximum Gasteiger partial charge on any atom is 0.169 e. The SMILES string of the molecule is Clc1cccc(CCC2COC=N2)c1Cl. The van der Waals surface area contributed by atoms with Crippen LogP contribution in [0.25, 0.3) is 0 Å². The fraction of sp³-hybridized carbons (Fsp3) is 0.364. The summed E-state index contributed by atoms with van der Waals surface area (Å²) in [5.74, 6) is 0. The van der Waals surface area contributed by atoms with Crippen LogP contribution in [0.2, 0.25) is 10.0 Å². The Hall–Kier alpha value is -0.730. The summed E-state index contributed by atoms with van der Waals surface area (Å²) in [7, 11) is 0. The Bertz CT molecular complexity index is 379. The van der Waals surface area contributed by atoms with Crippen molar-refractivity contribution in [2.75, 3.05) is 6.61 Å². The third kappa shape index (κ3) is 2.64. The Labute approximate surface area is 98.9 Å². The molecule has 0 fully saturated rings. The molecule has 1 aliphatic rings. The first kappa shape index (κ1) is 10.8. The van der Waals surface area contributed by atoms with E-state index in [0.717, 1.165) is 18.4 Å². The Morgan fingerprint density at radius 3 is 3.00 bits per heavy atom. The van der Waals surface area contributed by atoms with E-state index >= 15 is 0 Å². The molecule has 0 aliphatic carbocycles. The van der Waals surface area contributed by atoms with Crippen LogP contribution in [0.5, 0.6) is 0 Å². The van der Waals surface area contributed by atoms with Crippen molar-refractivity contribution in [2.24, 2.45) is 4.99 Å². The molecule has 1 aromatic rings. The lowest BCUT2D eigenvalue weighted by Gasteiger charge is -2.07. The summed E-state index contributed by atoms with van der Waals surface area (Å²) < 4.78 is 5.05. The zero-order valence-electron chi connectivity index (χ0n) is 8.12. The molecule has 1 heterocycles. The highest BCUT2D eigenvalue weighted by Gasteiger charge is 2.12. The van der Waals surface area contributed by atoms with Gasteiger partial charge in [-0.2, -0.15) is 0 Å². The molecular weight excluding hydrogens is 233 g/mol. The van der Waals surface area contributed by atoms with Crippen LogP contribution in [-0.2, 0) is 11.2 Å². The molecule has 80 valence electrons. The highest BCUT2D eigenvalue weighted by Crippen LogP contribution is 2.26. The van der Waals surface area contributed by atoms with Crippen LogP contribution in [0.1, 0.15) is 12.0 Å². The number of aryl methyl sites for hydroxylation is 1. The van der Waals surface area contributed by atoms with Gasteiger partial charge >= 0.3 is 0 Å². The van der Waals surface area contributed by atoms with E-state index in [1.54, 1.807) is 6.07 Å². The number of rotatable bonds is 3. The minimum Gasteiger partial charge on any atom is -0.481 e. The van der Waals surface area contributed by atoms with Gasteiger partial charge in [-0.3, -0.25) is 4.99 Å². The van der Waals surface area contributed by atoms with Crippen molar-refractivity contribution in [1.82, 2.24) is 0 Å². The van der Waals surface area contributed by atoms with Crippen molar-refractivity contribution < 1.29 is 4.74 Å². The molecule has 1 unspecified atom stereocenters. The minimum absolute atomic E-state index is 0.264.